The Morgan fingerprint density at radius 3 is 2.88 bits per heavy atom. The standard InChI is InChI=1S/C13H15NO2/c1-13-8-7-12(15)14(13)11(9-16-13)10-5-3-2-4-6-10/h2-6,11H,7-9H2,1H3/t11-,13+/m1/s1. The van der Waals surface area contributed by atoms with Crippen LogP contribution in [0.4, 0.5) is 0 Å². The van der Waals surface area contributed by atoms with Crippen molar-refractivity contribution in [3.63, 3.8) is 0 Å². The summed E-state index contributed by atoms with van der Waals surface area (Å²) in [4.78, 5) is 13.8. The molecule has 0 saturated carbocycles. The molecular formula is C13H15NO2. The van der Waals surface area contributed by atoms with E-state index in [4.69, 9.17) is 4.74 Å². The fourth-order valence-corrected chi connectivity index (χ4v) is 2.74. The molecule has 84 valence electrons. The van der Waals surface area contributed by atoms with E-state index in [1.54, 1.807) is 0 Å². The average Bonchev–Trinajstić information content (AvgIpc) is 2.78. The maximum atomic E-state index is 11.9. The maximum absolute atomic E-state index is 11.9. The van der Waals surface area contributed by atoms with Gasteiger partial charge in [-0.1, -0.05) is 30.3 Å². The highest BCUT2D eigenvalue weighted by atomic mass is 16.5. The van der Waals surface area contributed by atoms with Gasteiger partial charge in [-0.15, -0.1) is 0 Å². The van der Waals surface area contributed by atoms with Crippen molar-refractivity contribution in [1.82, 2.24) is 4.90 Å². The Morgan fingerprint density at radius 2 is 2.12 bits per heavy atom. The number of ether oxygens (including phenoxy) is 1. The summed E-state index contributed by atoms with van der Waals surface area (Å²) in [6, 6.07) is 10.2. The molecule has 2 aliphatic heterocycles. The van der Waals surface area contributed by atoms with E-state index in [2.05, 4.69) is 12.1 Å². The van der Waals surface area contributed by atoms with Gasteiger partial charge in [-0.3, -0.25) is 4.79 Å². The Kier molecular flexibility index (Phi) is 2.04. The molecular weight excluding hydrogens is 202 g/mol. The molecule has 16 heavy (non-hydrogen) atoms. The third-order valence-corrected chi connectivity index (χ3v) is 3.63. The summed E-state index contributed by atoms with van der Waals surface area (Å²) in [5.74, 6) is 0.217. The van der Waals surface area contributed by atoms with Crippen LogP contribution in [0.2, 0.25) is 0 Å². The lowest BCUT2D eigenvalue weighted by molar-refractivity contribution is -0.136. The number of hydrogen-bond acceptors (Lipinski definition) is 2. The van der Waals surface area contributed by atoms with Gasteiger partial charge in [0.25, 0.3) is 0 Å². The van der Waals surface area contributed by atoms with E-state index >= 15 is 0 Å². The number of nitrogens with zero attached hydrogens (tertiary/aromatic N) is 1. The number of hydrogen-bond donors (Lipinski definition) is 0. The molecule has 3 rings (SSSR count). The first kappa shape index (κ1) is 9.85. The number of carbonyl (C=O) groups excluding carboxylic acids is 1. The summed E-state index contributed by atoms with van der Waals surface area (Å²) in [7, 11) is 0. The summed E-state index contributed by atoms with van der Waals surface area (Å²) in [6.07, 6.45) is 1.43. The molecule has 0 bridgehead atoms. The topological polar surface area (TPSA) is 29.5 Å². The Bertz CT molecular complexity index is 417. The molecule has 2 heterocycles. The van der Waals surface area contributed by atoms with Crippen LogP contribution in [0.3, 0.4) is 0 Å². The van der Waals surface area contributed by atoms with Crippen molar-refractivity contribution in [3.8, 4) is 0 Å². The monoisotopic (exact) mass is 217 g/mol. The molecule has 3 heteroatoms. The summed E-state index contributed by atoms with van der Waals surface area (Å²) >= 11 is 0. The van der Waals surface area contributed by atoms with Gasteiger partial charge < -0.3 is 9.64 Å². The molecule has 0 radical (unpaired) electrons. The van der Waals surface area contributed by atoms with E-state index in [9.17, 15) is 4.79 Å². The van der Waals surface area contributed by atoms with Crippen molar-refractivity contribution in [2.75, 3.05) is 6.61 Å². The Balaban J connectivity index is 1.97. The van der Waals surface area contributed by atoms with Crippen LogP contribution in [-0.4, -0.2) is 23.1 Å². The zero-order valence-electron chi connectivity index (χ0n) is 9.35. The minimum atomic E-state index is -0.364. The smallest absolute Gasteiger partial charge is 0.225 e. The molecule has 1 aromatic rings. The molecule has 0 aliphatic carbocycles. The molecule has 3 nitrogen and oxygen atoms in total. The first-order valence-corrected chi connectivity index (χ1v) is 5.72. The maximum Gasteiger partial charge on any atom is 0.225 e. The molecule has 0 aromatic heterocycles. The zero-order valence-corrected chi connectivity index (χ0v) is 9.35. The minimum absolute atomic E-state index is 0.0983. The van der Waals surface area contributed by atoms with E-state index in [-0.39, 0.29) is 17.7 Å². The van der Waals surface area contributed by atoms with E-state index in [1.807, 2.05) is 30.0 Å². The summed E-state index contributed by atoms with van der Waals surface area (Å²) in [6.45, 7) is 2.63. The summed E-state index contributed by atoms with van der Waals surface area (Å²) < 4.78 is 5.81. The molecule has 1 amide bonds. The highest BCUT2D eigenvalue weighted by molar-refractivity contribution is 5.80. The van der Waals surface area contributed by atoms with Crippen molar-refractivity contribution >= 4 is 5.91 Å². The second-order valence-electron chi connectivity index (χ2n) is 4.68. The van der Waals surface area contributed by atoms with Crippen molar-refractivity contribution in [2.45, 2.75) is 31.5 Å². The number of fused-ring (bicyclic) bond motifs is 1. The van der Waals surface area contributed by atoms with Gasteiger partial charge >= 0.3 is 0 Å². The summed E-state index contributed by atoms with van der Waals surface area (Å²) in [5.41, 5.74) is 0.805. The Labute approximate surface area is 95.0 Å². The van der Waals surface area contributed by atoms with Crippen LogP contribution in [-0.2, 0) is 9.53 Å². The fourth-order valence-electron chi connectivity index (χ4n) is 2.74. The number of amides is 1. The van der Waals surface area contributed by atoms with Crippen molar-refractivity contribution < 1.29 is 9.53 Å². The predicted octanol–water partition coefficient (Wildman–Crippen LogP) is 2.10. The second kappa shape index (κ2) is 3.32. The third-order valence-electron chi connectivity index (χ3n) is 3.63. The lowest BCUT2D eigenvalue weighted by Crippen LogP contribution is -2.39. The first-order chi connectivity index (χ1) is 7.71. The number of benzene rings is 1. The lowest BCUT2D eigenvalue weighted by Gasteiger charge is -2.29. The van der Waals surface area contributed by atoms with Crippen LogP contribution in [0.1, 0.15) is 31.4 Å². The molecule has 2 fully saturated rings. The van der Waals surface area contributed by atoms with Crippen LogP contribution in [0.25, 0.3) is 0 Å². The highest BCUT2D eigenvalue weighted by Gasteiger charge is 2.51. The zero-order chi connectivity index (χ0) is 11.2. The molecule has 0 spiro atoms. The van der Waals surface area contributed by atoms with Gasteiger partial charge in [-0.05, 0) is 12.5 Å². The average molecular weight is 217 g/mol. The SMILES string of the molecule is C[C@]12CCC(=O)N1[C@@H](c1ccccc1)CO2. The van der Waals surface area contributed by atoms with Gasteiger partial charge in [0.15, 0.2) is 0 Å². The van der Waals surface area contributed by atoms with Crippen molar-refractivity contribution in [1.29, 1.82) is 0 Å². The second-order valence-corrected chi connectivity index (χ2v) is 4.68. The number of carbonyl (C=O) groups is 1. The normalized spacial score (nSPS) is 33.2. The third kappa shape index (κ3) is 1.28. The molecule has 0 unspecified atom stereocenters. The lowest BCUT2D eigenvalue weighted by atomic mass is 10.1. The minimum Gasteiger partial charge on any atom is -0.353 e. The van der Waals surface area contributed by atoms with Crippen LogP contribution in [0.5, 0.6) is 0 Å². The number of rotatable bonds is 1. The van der Waals surface area contributed by atoms with Gasteiger partial charge in [0, 0.05) is 12.8 Å². The Morgan fingerprint density at radius 1 is 1.38 bits per heavy atom. The van der Waals surface area contributed by atoms with Crippen molar-refractivity contribution in [2.24, 2.45) is 0 Å². The molecule has 2 aliphatic rings. The molecule has 2 saturated heterocycles. The predicted molar refractivity (Wildman–Crippen MR) is 59.6 cm³/mol. The molecule has 0 N–H and O–H groups in total. The first-order valence-electron chi connectivity index (χ1n) is 5.72. The van der Waals surface area contributed by atoms with Gasteiger partial charge in [-0.2, -0.15) is 0 Å². The van der Waals surface area contributed by atoms with Gasteiger partial charge in [-0.25, -0.2) is 0 Å². The highest BCUT2D eigenvalue weighted by Crippen LogP contribution is 2.44. The van der Waals surface area contributed by atoms with Gasteiger partial charge in [0.05, 0.1) is 12.6 Å². The van der Waals surface area contributed by atoms with Gasteiger partial charge in [0.2, 0.25) is 5.91 Å². The van der Waals surface area contributed by atoms with E-state index in [0.29, 0.717) is 13.0 Å². The van der Waals surface area contributed by atoms with Crippen molar-refractivity contribution in [3.05, 3.63) is 35.9 Å². The van der Waals surface area contributed by atoms with E-state index < -0.39 is 0 Å². The van der Waals surface area contributed by atoms with Crippen LogP contribution in [0, 0.1) is 0 Å². The molecule has 1 aromatic carbocycles. The quantitative estimate of drug-likeness (QED) is 0.721. The fraction of sp³-hybridized carbons (Fsp3) is 0.462. The van der Waals surface area contributed by atoms with E-state index in [1.165, 1.54) is 5.56 Å². The Hall–Kier alpha value is -1.35. The molecule has 2 atom stereocenters. The van der Waals surface area contributed by atoms with Crippen LogP contribution in [0.15, 0.2) is 30.3 Å². The largest absolute Gasteiger partial charge is 0.353 e. The van der Waals surface area contributed by atoms with E-state index in [0.717, 1.165) is 6.42 Å². The van der Waals surface area contributed by atoms with Crippen LogP contribution < -0.4 is 0 Å². The van der Waals surface area contributed by atoms with Crippen LogP contribution >= 0.6 is 0 Å². The summed E-state index contributed by atoms with van der Waals surface area (Å²) in [5, 5.41) is 0. The van der Waals surface area contributed by atoms with Gasteiger partial charge in [0.1, 0.15) is 5.72 Å².